The summed E-state index contributed by atoms with van der Waals surface area (Å²) in [6.45, 7) is 4.67. The van der Waals surface area contributed by atoms with Gasteiger partial charge in [-0.2, -0.15) is 0 Å². The second-order valence-corrected chi connectivity index (χ2v) is 5.70. The Hall–Kier alpha value is -1.07. The molecule has 0 radical (unpaired) electrons. The van der Waals surface area contributed by atoms with Gasteiger partial charge in [-0.05, 0) is 31.2 Å². The van der Waals surface area contributed by atoms with Crippen LogP contribution in [-0.4, -0.2) is 60.9 Å². The van der Waals surface area contributed by atoms with Gasteiger partial charge in [0.2, 0.25) is 0 Å². The van der Waals surface area contributed by atoms with E-state index in [-0.39, 0.29) is 5.91 Å². The molecule has 1 amide bonds. The first kappa shape index (κ1) is 15.3. The Bertz CT molecular complexity index is 453. The molecular formula is C15H21BrN2O2. The highest BCUT2D eigenvalue weighted by Crippen LogP contribution is 2.15. The summed E-state index contributed by atoms with van der Waals surface area (Å²) in [6, 6.07) is 7.38. The molecule has 20 heavy (non-hydrogen) atoms. The Labute approximate surface area is 128 Å². The summed E-state index contributed by atoms with van der Waals surface area (Å²) < 4.78 is 5.18. The number of hydrogen-bond donors (Lipinski definition) is 0. The fraction of sp³-hybridized carbons (Fsp3) is 0.533. The van der Waals surface area contributed by atoms with Crippen molar-refractivity contribution in [2.75, 3.05) is 45.2 Å². The maximum absolute atomic E-state index is 12.5. The highest BCUT2D eigenvalue weighted by molar-refractivity contribution is 9.09. The number of halogens is 1. The van der Waals surface area contributed by atoms with E-state index in [1.54, 1.807) is 7.11 Å². The lowest BCUT2D eigenvalue weighted by molar-refractivity contribution is 0.0761. The fourth-order valence-electron chi connectivity index (χ4n) is 2.46. The van der Waals surface area contributed by atoms with E-state index in [1.165, 1.54) is 0 Å². The summed E-state index contributed by atoms with van der Waals surface area (Å²) in [5.74, 6) is 0.830. The molecule has 5 heteroatoms. The van der Waals surface area contributed by atoms with Gasteiger partial charge in [0.25, 0.3) is 5.91 Å². The first-order valence-corrected chi connectivity index (χ1v) is 8.08. The molecule has 1 heterocycles. The monoisotopic (exact) mass is 340 g/mol. The predicted octanol–water partition coefficient (Wildman–Crippen LogP) is 2.24. The van der Waals surface area contributed by atoms with Gasteiger partial charge in [-0.15, -0.1) is 0 Å². The minimum absolute atomic E-state index is 0.101. The van der Waals surface area contributed by atoms with Crippen molar-refractivity contribution in [3.63, 3.8) is 0 Å². The van der Waals surface area contributed by atoms with E-state index in [4.69, 9.17) is 4.74 Å². The SMILES string of the molecule is COc1cccc(C(=O)N2CCCN(CCBr)CC2)c1. The number of carbonyl (C=O) groups is 1. The highest BCUT2D eigenvalue weighted by Gasteiger charge is 2.20. The number of benzene rings is 1. The number of ether oxygens (including phenoxy) is 1. The minimum atomic E-state index is 0.101. The second kappa shape index (κ2) is 7.64. The van der Waals surface area contributed by atoms with E-state index in [0.29, 0.717) is 5.56 Å². The van der Waals surface area contributed by atoms with Crippen molar-refractivity contribution in [3.8, 4) is 5.75 Å². The van der Waals surface area contributed by atoms with Gasteiger partial charge >= 0.3 is 0 Å². The summed E-state index contributed by atoms with van der Waals surface area (Å²) in [6.07, 6.45) is 1.03. The zero-order valence-electron chi connectivity index (χ0n) is 11.8. The van der Waals surface area contributed by atoms with E-state index in [1.807, 2.05) is 29.2 Å². The number of nitrogens with zero attached hydrogens (tertiary/aromatic N) is 2. The highest BCUT2D eigenvalue weighted by atomic mass is 79.9. The van der Waals surface area contributed by atoms with Crippen molar-refractivity contribution in [3.05, 3.63) is 29.8 Å². The van der Waals surface area contributed by atoms with Crippen LogP contribution < -0.4 is 4.74 Å². The van der Waals surface area contributed by atoms with Crippen LogP contribution >= 0.6 is 15.9 Å². The Morgan fingerprint density at radius 2 is 2.15 bits per heavy atom. The molecule has 0 saturated carbocycles. The molecule has 0 spiro atoms. The number of rotatable bonds is 4. The largest absolute Gasteiger partial charge is 0.497 e. The van der Waals surface area contributed by atoms with E-state index in [0.717, 1.165) is 50.2 Å². The predicted molar refractivity (Wildman–Crippen MR) is 83.7 cm³/mol. The van der Waals surface area contributed by atoms with E-state index < -0.39 is 0 Å². The van der Waals surface area contributed by atoms with Crippen LogP contribution in [0.15, 0.2) is 24.3 Å². The molecule has 1 aliphatic heterocycles. The Morgan fingerprint density at radius 1 is 1.30 bits per heavy atom. The lowest BCUT2D eigenvalue weighted by atomic mass is 10.2. The molecule has 1 aromatic carbocycles. The van der Waals surface area contributed by atoms with Crippen LogP contribution in [0.2, 0.25) is 0 Å². The molecular weight excluding hydrogens is 320 g/mol. The maximum atomic E-state index is 12.5. The van der Waals surface area contributed by atoms with Crippen LogP contribution in [0.4, 0.5) is 0 Å². The number of methoxy groups -OCH3 is 1. The molecule has 2 rings (SSSR count). The average Bonchev–Trinajstić information content (AvgIpc) is 2.73. The van der Waals surface area contributed by atoms with Gasteiger partial charge < -0.3 is 14.5 Å². The normalized spacial score (nSPS) is 16.8. The summed E-state index contributed by atoms with van der Waals surface area (Å²) in [4.78, 5) is 16.9. The van der Waals surface area contributed by atoms with Gasteiger partial charge in [-0.3, -0.25) is 4.79 Å². The molecule has 0 aliphatic carbocycles. The summed E-state index contributed by atoms with van der Waals surface area (Å²) in [7, 11) is 1.62. The van der Waals surface area contributed by atoms with Crippen LogP contribution in [0, 0.1) is 0 Å². The van der Waals surface area contributed by atoms with Gasteiger partial charge in [-0.25, -0.2) is 0 Å². The van der Waals surface area contributed by atoms with Crippen molar-refractivity contribution < 1.29 is 9.53 Å². The molecule has 1 aliphatic rings. The van der Waals surface area contributed by atoms with Crippen LogP contribution in [-0.2, 0) is 0 Å². The van der Waals surface area contributed by atoms with Crippen LogP contribution in [0.3, 0.4) is 0 Å². The zero-order chi connectivity index (χ0) is 14.4. The molecule has 110 valence electrons. The molecule has 0 atom stereocenters. The third-order valence-corrected chi connectivity index (χ3v) is 3.95. The van der Waals surface area contributed by atoms with Crippen molar-refractivity contribution in [1.82, 2.24) is 9.80 Å². The molecule has 4 nitrogen and oxygen atoms in total. The maximum Gasteiger partial charge on any atom is 0.254 e. The lowest BCUT2D eigenvalue weighted by Crippen LogP contribution is -2.35. The van der Waals surface area contributed by atoms with Crippen molar-refractivity contribution >= 4 is 21.8 Å². The average molecular weight is 341 g/mol. The molecule has 1 aromatic rings. The van der Waals surface area contributed by atoms with E-state index in [2.05, 4.69) is 20.8 Å². The first-order chi connectivity index (χ1) is 9.74. The zero-order valence-corrected chi connectivity index (χ0v) is 13.4. The van der Waals surface area contributed by atoms with Crippen molar-refractivity contribution in [2.24, 2.45) is 0 Å². The smallest absolute Gasteiger partial charge is 0.254 e. The van der Waals surface area contributed by atoms with Crippen molar-refractivity contribution in [2.45, 2.75) is 6.42 Å². The van der Waals surface area contributed by atoms with E-state index >= 15 is 0 Å². The topological polar surface area (TPSA) is 32.8 Å². The summed E-state index contributed by atoms with van der Waals surface area (Å²) >= 11 is 3.47. The number of amides is 1. The summed E-state index contributed by atoms with van der Waals surface area (Å²) in [5.41, 5.74) is 0.707. The Kier molecular flexibility index (Phi) is 5.86. The molecule has 1 saturated heterocycles. The first-order valence-electron chi connectivity index (χ1n) is 6.96. The van der Waals surface area contributed by atoms with Crippen LogP contribution in [0.25, 0.3) is 0 Å². The number of carbonyl (C=O) groups excluding carboxylic acids is 1. The molecule has 0 N–H and O–H groups in total. The lowest BCUT2D eigenvalue weighted by Gasteiger charge is -2.21. The van der Waals surface area contributed by atoms with Gasteiger partial charge in [0.1, 0.15) is 5.75 Å². The van der Waals surface area contributed by atoms with Gasteiger partial charge in [0.05, 0.1) is 7.11 Å². The Balaban J connectivity index is 2.01. The number of hydrogen-bond acceptors (Lipinski definition) is 3. The fourth-order valence-corrected chi connectivity index (χ4v) is 2.96. The third-order valence-electron chi connectivity index (χ3n) is 3.59. The minimum Gasteiger partial charge on any atom is -0.497 e. The van der Waals surface area contributed by atoms with Crippen LogP contribution in [0.1, 0.15) is 16.8 Å². The number of alkyl halides is 1. The van der Waals surface area contributed by atoms with E-state index in [9.17, 15) is 4.79 Å². The van der Waals surface area contributed by atoms with Gasteiger partial charge in [0, 0.05) is 37.1 Å². The molecule has 1 fully saturated rings. The standard InChI is InChI=1S/C15H21BrN2O2/c1-20-14-5-2-4-13(12-14)15(19)18-8-3-7-17(9-6-16)10-11-18/h2,4-5,12H,3,6-11H2,1H3. The quantitative estimate of drug-likeness (QED) is 0.788. The molecule has 0 aromatic heterocycles. The Morgan fingerprint density at radius 3 is 2.90 bits per heavy atom. The van der Waals surface area contributed by atoms with Crippen molar-refractivity contribution in [1.29, 1.82) is 0 Å². The van der Waals surface area contributed by atoms with Gasteiger partial charge in [0.15, 0.2) is 0 Å². The molecule has 0 unspecified atom stereocenters. The summed E-state index contributed by atoms with van der Waals surface area (Å²) in [5, 5.41) is 0.983. The van der Waals surface area contributed by atoms with Crippen LogP contribution in [0.5, 0.6) is 5.75 Å². The third kappa shape index (κ3) is 3.96. The molecule has 0 bridgehead atoms. The second-order valence-electron chi connectivity index (χ2n) is 4.91. The van der Waals surface area contributed by atoms with Gasteiger partial charge in [-0.1, -0.05) is 22.0 Å².